The lowest BCUT2D eigenvalue weighted by atomic mass is 10.1. The molecule has 4 heteroatoms. The predicted octanol–water partition coefficient (Wildman–Crippen LogP) is 2.26. The average Bonchev–Trinajstić information content (AvgIpc) is 2.46. The molecule has 2 aromatic rings. The van der Waals surface area contributed by atoms with E-state index in [4.69, 9.17) is 14.6 Å². The van der Waals surface area contributed by atoms with Gasteiger partial charge in [0, 0.05) is 17.8 Å². The fraction of sp³-hybridized carbons (Fsp3) is 0.214. The Labute approximate surface area is 106 Å². The molecule has 0 aliphatic rings. The Morgan fingerprint density at radius 3 is 2.17 bits per heavy atom. The van der Waals surface area contributed by atoms with Crippen LogP contribution in [0.5, 0.6) is 11.5 Å². The Morgan fingerprint density at radius 1 is 1.06 bits per heavy atom. The molecule has 1 aromatic heterocycles. The number of aliphatic hydroxyl groups excluding tert-OH is 1. The summed E-state index contributed by atoms with van der Waals surface area (Å²) in [6, 6.07) is 9.30. The van der Waals surface area contributed by atoms with E-state index in [1.165, 1.54) is 0 Å². The third kappa shape index (κ3) is 2.60. The fourth-order valence-electron chi connectivity index (χ4n) is 1.64. The Balaban J connectivity index is 2.41. The van der Waals surface area contributed by atoms with Crippen LogP contribution in [0.2, 0.25) is 0 Å². The Hall–Kier alpha value is -2.07. The van der Waals surface area contributed by atoms with Crippen molar-refractivity contribution in [3.8, 4) is 22.8 Å². The van der Waals surface area contributed by atoms with Crippen LogP contribution in [0.25, 0.3) is 11.3 Å². The number of benzene rings is 1. The molecular weight excluding hydrogens is 230 g/mol. The van der Waals surface area contributed by atoms with Gasteiger partial charge in [-0.25, -0.2) is 0 Å². The molecule has 0 saturated heterocycles. The third-order valence-electron chi connectivity index (χ3n) is 2.65. The van der Waals surface area contributed by atoms with Crippen molar-refractivity contribution >= 4 is 0 Å². The van der Waals surface area contributed by atoms with E-state index in [0.29, 0.717) is 0 Å². The zero-order chi connectivity index (χ0) is 13.0. The SMILES string of the molecule is COc1cc(OC)cc(-c2ccc(CO)cn2)c1. The van der Waals surface area contributed by atoms with E-state index in [9.17, 15) is 0 Å². The molecule has 4 nitrogen and oxygen atoms in total. The summed E-state index contributed by atoms with van der Waals surface area (Å²) in [5, 5.41) is 8.98. The van der Waals surface area contributed by atoms with Gasteiger partial charge in [-0.05, 0) is 23.8 Å². The van der Waals surface area contributed by atoms with E-state index in [0.717, 1.165) is 28.3 Å². The van der Waals surface area contributed by atoms with E-state index in [2.05, 4.69) is 4.98 Å². The van der Waals surface area contributed by atoms with E-state index in [-0.39, 0.29) is 6.61 Å². The largest absolute Gasteiger partial charge is 0.497 e. The second kappa shape index (κ2) is 5.51. The highest BCUT2D eigenvalue weighted by atomic mass is 16.5. The number of ether oxygens (including phenoxy) is 2. The molecule has 94 valence electrons. The Bertz CT molecular complexity index is 501. The Morgan fingerprint density at radius 2 is 1.72 bits per heavy atom. The standard InChI is InChI=1S/C14H15NO3/c1-17-12-5-11(6-13(7-12)18-2)14-4-3-10(9-16)8-15-14/h3-8,16H,9H2,1-2H3. The molecule has 0 amide bonds. The summed E-state index contributed by atoms with van der Waals surface area (Å²) in [5.74, 6) is 1.44. The van der Waals surface area contributed by atoms with Crippen LogP contribution in [0.1, 0.15) is 5.56 Å². The van der Waals surface area contributed by atoms with E-state index < -0.39 is 0 Å². The van der Waals surface area contributed by atoms with Gasteiger partial charge in [0.15, 0.2) is 0 Å². The quantitative estimate of drug-likeness (QED) is 0.897. The fourth-order valence-corrected chi connectivity index (χ4v) is 1.64. The van der Waals surface area contributed by atoms with Crippen molar-refractivity contribution in [2.45, 2.75) is 6.61 Å². The highest BCUT2D eigenvalue weighted by Gasteiger charge is 2.05. The number of aliphatic hydroxyl groups is 1. The summed E-state index contributed by atoms with van der Waals surface area (Å²) in [5.41, 5.74) is 2.51. The first-order valence-corrected chi connectivity index (χ1v) is 5.56. The second-order valence-electron chi connectivity index (χ2n) is 3.81. The van der Waals surface area contributed by atoms with Gasteiger partial charge in [-0.1, -0.05) is 6.07 Å². The molecule has 0 aliphatic heterocycles. The van der Waals surface area contributed by atoms with E-state index in [1.54, 1.807) is 20.4 Å². The van der Waals surface area contributed by atoms with Crippen LogP contribution in [-0.4, -0.2) is 24.3 Å². The van der Waals surface area contributed by atoms with Crippen molar-refractivity contribution in [2.75, 3.05) is 14.2 Å². The lowest BCUT2D eigenvalue weighted by Crippen LogP contribution is -1.91. The highest BCUT2D eigenvalue weighted by Crippen LogP contribution is 2.28. The number of rotatable bonds is 4. The highest BCUT2D eigenvalue weighted by molar-refractivity contribution is 5.63. The molecule has 1 N–H and O–H groups in total. The van der Waals surface area contributed by atoms with Crippen LogP contribution in [0.4, 0.5) is 0 Å². The lowest BCUT2D eigenvalue weighted by molar-refractivity contribution is 0.281. The minimum atomic E-state index is -0.00525. The van der Waals surface area contributed by atoms with Gasteiger partial charge in [-0.15, -0.1) is 0 Å². The second-order valence-corrected chi connectivity index (χ2v) is 3.81. The van der Waals surface area contributed by atoms with E-state index in [1.807, 2.05) is 30.3 Å². The first kappa shape index (κ1) is 12.4. The maximum Gasteiger partial charge on any atom is 0.123 e. The van der Waals surface area contributed by atoms with Gasteiger partial charge in [0.2, 0.25) is 0 Å². The monoisotopic (exact) mass is 245 g/mol. The first-order valence-electron chi connectivity index (χ1n) is 5.56. The topological polar surface area (TPSA) is 51.6 Å². The summed E-state index contributed by atoms with van der Waals surface area (Å²) in [6.45, 7) is -0.00525. The van der Waals surface area contributed by atoms with Crippen LogP contribution >= 0.6 is 0 Å². The molecule has 0 radical (unpaired) electrons. The van der Waals surface area contributed by atoms with Crippen molar-refractivity contribution < 1.29 is 14.6 Å². The van der Waals surface area contributed by atoms with Crippen LogP contribution in [0.15, 0.2) is 36.5 Å². The number of nitrogens with zero attached hydrogens (tertiary/aromatic N) is 1. The number of hydrogen-bond acceptors (Lipinski definition) is 4. The minimum Gasteiger partial charge on any atom is -0.497 e. The molecule has 0 bridgehead atoms. The molecule has 0 fully saturated rings. The molecule has 0 atom stereocenters. The third-order valence-corrected chi connectivity index (χ3v) is 2.65. The van der Waals surface area contributed by atoms with E-state index >= 15 is 0 Å². The molecule has 1 heterocycles. The minimum absolute atomic E-state index is 0.00525. The normalized spacial score (nSPS) is 10.2. The van der Waals surface area contributed by atoms with Crippen LogP contribution in [0.3, 0.4) is 0 Å². The summed E-state index contributed by atoms with van der Waals surface area (Å²) >= 11 is 0. The molecule has 18 heavy (non-hydrogen) atoms. The number of aromatic nitrogens is 1. The number of pyridine rings is 1. The smallest absolute Gasteiger partial charge is 0.123 e. The number of methoxy groups -OCH3 is 2. The maximum atomic E-state index is 8.98. The van der Waals surface area contributed by atoms with Gasteiger partial charge in [0.05, 0.1) is 26.5 Å². The zero-order valence-electron chi connectivity index (χ0n) is 10.4. The molecule has 0 saturated carbocycles. The Kier molecular flexibility index (Phi) is 3.79. The molecular formula is C14H15NO3. The van der Waals surface area contributed by atoms with Gasteiger partial charge in [-0.3, -0.25) is 4.98 Å². The molecule has 0 aliphatic carbocycles. The van der Waals surface area contributed by atoms with Gasteiger partial charge in [0.25, 0.3) is 0 Å². The molecule has 0 unspecified atom stereocenters. The first-order chi connectivity index (χ1) is 8.76. The predicted molar refractivity (Wildman–Crippen MR) is 68.7 cm³/mol. The van der Waals surface area contributed by atoms with Crippen LogP contribution < -0.4 is 9.47 Å². The molecule has 1 aromatic carbocycles. The van der Waals surface area contributed by atoms with Gasteiger partial charge in [0.1, 0.15) is 11.5 Å². The van der Waals surface area contributed by atoms with Gasteiger partial charge in [-0.2, -0.15) is 0 Å². The van der Waals surface area contributed by atoms with Gasteiger partial charge >= 0.3 is 0 Å². The van der Waals surface area contributed by atoms with Crippen molar-refractivity contribution in [3.63, 3.8) is 0 Å². The number of hydrogen-bond donors (Lipinski definition) is 1. The average molecular weight is 245 g/mol. The van der Waals surface area contributed by atoms with Crippen molar-refractivity contribution in [3.05, 3.63) is 42.1 Å². The van der Waals surface area contributed by atoms with Gasteiger partial charge < -0.3 is 14.6 Å². The summed E-state index contributed by atoms with van der Waals surface area (Å²) < 4.78 is 10.4. The van der Waals surface area contributed by atoms with Crippen molar-refractivity contribution in [1.82, 2.24) is 4.98 Å². The summed E-state index contributed by atoms with van der Waals surface area (Å²) in [6.07, 6.45) is 1.65. The molecule has 2 rings (SSSR count). The van der Waals surface area contributed by atoms with Crippen LogP contribution in [-0.2, 0) is 6.61 Å². The zero-order valence-corrected chi connectivity index (χ0v) is 10.4. The van der Waals surface area contributed by atoms with Crippen molar-refractivity contribution in [1.29, 1.82) is 0 Å². The lowest BCUT2D eigenvalue weighted by Gasteiger charge is -2.08. The summed E-state index contributed by atoms with van der Waals surface area (Å²) in [4.78, 5) is 4.30. The van der Waals surface area contributed by atoms with Crippen LogP contribution in [0, 0.1) is 0 Å². The maximum absolute atomic E-state index is 8.98. The summed E-state index contributed by atoms with van der Waals surface area (Å²) in [7, 11) is 3.22. The molecule has 0 spiro atoms. The van der Waals surface area contributed by atoms with Crippen molar-refractivity contribution in [2.24, 2.45) is 0 Å².